The van der Waals surface area contributed by atoms with Crippen molar-refractivity contribution in [1.82, 2.24) is 10.6 Å². The van der Waals surface area contributed by atoms with E-state index in [2.05, 4.69) is 10.6 Å². The first-order valence-electron chi connectivity index (χ1n) is 3.94. The fourth-order valence-electron chi connectivity index (χ4n) is 0.659. The minimum absolute atomic E-state index is 0.0861. The Hall–Kier alpha value is -0.990. The van der Waals surface area contributed by atoms with E-state index in [0.29, 0.717) is 13.1 Å². The monoisotopic (exact) mass is 156 g/mol. The number of urea groups is 1. The lowest BCUT2D eigenvalue weighted by atomic mass is 10.4. The molecule has 0 aliphatic heterocycles. The molecule has 0 saturated carbocycles. The molecule has 0 aromatic carbocycles. The highest BCUT2D eigenvalue weighted by Crippen LogP contribution is 1.78. The molecule has 11 heavy (non-hydrogen) atoms. The van der Waals surface area contributed by atoms with Crippen LogP contribution in [-0.4, -0.2) is 19.1 Å². The van der Waals surface area contributed by atoms with Crippen LogP contribution < -0.4 is 10.6 Å². The topological polar surface area (TPSA) is 41.1 Å². The predicted octanol–water partition coefficient (Wildman–Crippen LogP) is 1.27. The fraction of sp³-hybridized carbons (Fsp3) is 0.625. The molecule has 0 heterocycles. The van der Waals surface area contributed by atoms with E-state index < -0.39 is 0 Å². The van der Waals surface area contributed by atoms with Crippen LogP contribution in [0.1, 0.15) is 20.3 Å². The van der Waals surface area contributed by atoms with Crippen LogP contribution in [0.25, 0.3) is 0 Å². The first-order chi connectivity index (χ1) is 5.31. The highest BCUT2D eigenvalue weighted by atomic mass is 16.2. The molecule has 0 saturated heterocycles. The zero-order valence-corrected chi connectivity index (χ0v) is 7.18. The predicted molar refractivity (Wildman–Crippen MR) is 46.5 cm³/mol. The van der Waals surface area contributed by atoms with E-state index in [1.807, 2.05) is 26.0 Å². The number of carbonyl (C=O) groups excluding carboxylic acids is 1. The van der Waals surface area contributed by atoms with Gasteiger partial charge in [-0.15, -0.1) is 0 Å². The molecule has 0 spiro atoms. The van der Waals surface area contributed by atoms with Crippen LogP contribution in [-0.2, 0) is 0 Å². The first kappa shape index (κ1) is 10.0. The van der Waals surface area contributed by atoms with Crippen LogP contribution >= 0.6 is 0 Å². The summed E-state index contributed by atoms with van der Waals surface area (Å²) in [6.45, 7) is 5.24. The zero-order chi connectivity index (χ0) is 8.53. The van der Waals surface area contributed by atoms with Gasteiger partial charge in [-0.1, -0.05) is 12.2 Å². The summed E-state index contributed by atoms with van der Waals surface area (Å²) in [4.78, 5) is 10.8. The largest absolute Gasteiger partial charge is 0.338 e. The average Bonchev–Trinajstić information content (AvgIpc) is 1.99. The lowest BCUT2D eigenvalue weighted by molar-refractivity contribution is 0.241. The Morgan fingerprint density at radius 3 is 2.73 bits per heavy atom. The molecule has 2 N–H and O–H groups in total. The average molecular weight is 156 g/mol. The van der Waals surface area contributed by atoms with Crippen LogP contribution in [0.3, 0.4) is 0 Å². The second-order valence-electron chi connectivity index (χ2n) is 2.14. The summed E-state index contributed by atoms with van der Waals surface area (Å²) in [6, 6.07) is -0.0861. The molecule has 0 aromatic heterocycles. The van der Waals surface area contributed by atoms with Gasteiger partial charge in [0.25, 0.3) is 0 Å². The van der Waals surface area contributed by atoms with Crippen molar-refractivity contribution in [3.63, 3.8) is 0 Å². The first-order valence-corrected chi connectivity index (χ1v) is 3.94. The molecule has 3 heteroatoms. The highest BCUT2D eigenvalue weighted by molar-refractivity contribution is 5.73. The third-order valence-electron chi connectivity index (χ3n) is 1.17. The van der Waals surface area contributed by atoms with Crippen molar-refractivity contribution in [3.8, 4) is 0 Å². The molecular formula is C8H16N2O. The number of carbonyl (C=O) groups is 1. The van der Waals surface area contributed by atoms with Crippen molar-refractivity contribution in [3.05, 3.63) is 12.2 Å². The number of nitrogens with one attached hydrogen (secondary N) is 2. The molecule has 0 aliphatic rings. The van der Waals surface area contributed by atoms with E-state index >= 15 is 0 Å². The summed E-state index contributed by atoms with van der Waals surface area (Å²) in [5, 5.41) is 5.37. The van der Waals surface area contributed by atoms with Gasteiger partial charge in [0.05, 0.1) is 0 Å². The van der Waals surface area contributed by atoms with Crippen LogP contribution in [0.2, 0.25) is 0 Å². The maximum Gasteiger partial charge on any atom is 0.314 e. The Labute approximate surface area is 67.9 Å². The molecule has 0 fully saturated rings. The summed E-state index contributed by atoms with van der Waals surface area (Å²) < 4.78 is 0. The van der Waals surface area contributed by atoms with Gasteiger partial charge in [-0.3, -0.25) is 0 Å². The molecular weight excluding hydrogens is 140 g/mol. The van der Waals surface area contributed by atoms with Gasteiger partial charge in [-0.2, -0.15) is 0 Å². The van der Waals surface area contributed by atoms with Gasteiger partial charge in [0.15, 0.2) is 0 Å². The number of hydrogen-bond donors (Lipinski definition) is 2. The summed E-state index contributed by atoms with van der Waals surface area (Å²) in [5.41, 5.74) is 0. The normalized spacial score (nSPS) is 10.0. The number of hydrogen-bond acceptors (Lipinski definition) is 1. The second-order valence-corrected chi connectivity index (χ2v) is 2.14. The van der Waals surface area contributed by atoms with Gasteiger partial charge < -0.3 is 10.6 Å². The van der Waals surface area contributed by atoms with E-state index in [0.717, 1.165) is 6.42 Å². The van der Waals surface area contributed by atoms with E-state index in [4.69, 9.17) is 0 Å². The minimum atomic E-state index is -0.0861. The summed E-state index contributed by atoms with van der Waals surface area (Å²) >= 11 is 0. The highest BCUT2D eigenvalue weighted by Gasteiger charge is 1.92. The molecule has 0 aliphatic carbocycles. The van der Waals surface area contributed by atoms with Gasteiger partial charge in [0.2, 0.25) is 0 Å². The Kier molecular flexibility index (Phi) is 6.48. The van der Waals surface area contributed by atoms with Gasteiger partial charge >= 0.3 is 6.03 Å². The molecule has 0 rings (SSSR count). The van der Waals surface area contributed by atoms with E-state index in [1.165, 1.54) is 0 Å². The third kappa shape index (κ3) is 6.90. The molecule has 3 nitrogen and oxygen atoms in total. The standard InChI is InChI=1S/C8H16N2O/c1-3-5-6-7-10-8(11)9-4-2/h3,5H,4,6-7H2,1-2H3,(H2,9,10,11)/b5-3+. The molecule has 2 amide bonds. The quantitative estimate of drug-likeness (QED) is 0.467. The van der Waals surface area contributed by atoms with Crippen LogP contribution in [0, 0.1) is 0 Å². The lowest BCUT2D eigenvalue weighted by Gasteiger charge is -2.02. The molecule has 64 valence electrons. The Balaban J connectivity index is 3.17. The van der Waals surface area contributed by atoms with Gasteiger partial charge in [0.1, 0.15) is 0 Å². The Morgan fingerprint density at radius 1 is 1.45 bits per heavy atom. The smallest absolute Gasteiger partial charge is 0.314 e. The Morgan fingerprint density at radius 2 is 2.18 bits per heavy atom. The van der Waals surface area contributed by atoms with Crippen LogP contribution in [0.4, 0.5) is 4.79 Å². The van der Waals surface area contributed by atoms with E-state index in [-0.39, 0.29) is 6.03 Å². The molecule has 0 aromatic rings. The van der Waals surface area contributed by atoms with Crippen molar-refractivity contribution < 1.29 is 4.79 Å². The molecule has 0 radical (unpaired) electrons. The van der Waals surface area contributed by atoms with Gasteiger partial charge in [-0.25, -0.2) is 4.79 Å². The SMILES string of the molecule is C/C=C/CCNC(=O)NCC. The van der Waals surface area contributed by atoms with E-state index in [9.17, 15) is 4.79 Å². The maximum atomic E-state index is 10.8. The fourth-order valence-corrected chi connectivity index (χ4v) is 0.659. The number of allylic oxidation sites excluding steroid dienone is 1. The maximum absolute atomic E-state index is 10.8. The van der Waals surface area contributed by atoms with Crippen LogP contribution in [0.15, 0.2) is 12.2 Å². The zero-order valence-electron chi connectivity index (χ0n) is 7.18. The van der Waals surface area contributed by atoms with Crippen molar-refractivity contribution >= 4 is 6.03 Å². The van der Waals surface area contributed by atoms with Crippen molar-refractivity contribution in [2.45, 2.75) is 20.3 Å². The minimum Gasteiger partial charge on any atom is -0.338 e. The number of amides is 2. The Bertz CT molecular complexity index is 132. The summed E-state index contributed by atoms with van der Waals surface area (Å²) in [6.07, 6.45) is 4.89. The molecule has 0 unspecified atom stereocenters. The van der Waals surface area contributed by atoms with Crippen molar-refractivity contribution in [2.75, 3.05) is 13.1 Å². The third-order valence-corrected chi connectivity index (χ3v) is 1.17. The van der Waals surface area contributed by atoms with Gasteiger partial charge in [0, 0.05) is 13.1 Å². The van der Waals surface area contributed by atoms with Gasteiger partial charge in [-0.05, 0) is 20.3 Å². The van der Waals surface area contributed by atoms with Crippen molar-refractivity contribution in [1.29, 1.82) is 0 Å². The molecule has 0 atom stereocenters. The second kappa shape index (κ2) is 7.12. The summed E-state index contributed by atoms with van der Waals surface area (Å²) in [7, 11) is 0. The lowest BCUT2D eigenvalue weighted by Crippen LogP contribution is -2.35. The molecule has 0 bridgehead atoms. The number of rotatable bonds is 4. The van der Waals surface area contributed by atoms with Crippen LogP contribution in [0.5, 0.6) is 0 Å². The van der Waals surface area contributed by atoms with E-state index in [1.54, 1.807) is 0 Å². The van der Waals surface area contributed by atoms with Crippen molar-refractivity contribution in [2.24, 2.45) is 0 Å². The summed E-state index contributed by atoms with van der Waals surface area (Å²) in [5.74, 6) is 0.